The molecule has 1 unspecified atom stereocenters. The zero-order chi connectivity index (χ0) is 18.1. The first-order valence-corrected chi connectivity index (χ1v) is 9.05. The van der Waals surface area contributed by atoms with E-state index in [9.17, 15) is 0 Å². The molecular formula is C17H12N4O5S. The Morgan fingerprint density at radius 2 is 2.00 bits per heavy atom. The van der Waals surface area contributed by atoms with Gasteiger partial charge in [0.05, 0.1) is 12.0 Å². The van der Waals surface area contributed by atoms with Crippen LogP contribution in [0.15, 0.2) is 61.2 Å². The van der Waals surface area contributed by atoms with Crippen molar-refractivity contribution in [2.45, 2.75) is 17.1 Å². The summed E-state index contributed by atoms with van der Waals surface area (Å²) in [6.45, 7) is 0.306. The van der Waals surface area contributed by atoms with Gasteiger partial charge in [-0.15, -0.1) is 10.2 Å². The van der Waals surface area contributed by atoms with Crippen LogP contribution in [-0.2, 0) is 5.75 Å². The summed E-state index contributed by atoms with van der Waals surface area (Å²) in [6.07, 6.45) is 1.10. The Morgan fingerprint density at radius 3 is 2.89 bits per heavy atom. The van der Waals surface area contributed by atoms with Crippen molar-refractivity contribution in [2.24, 2.45) is 0 Å². The fraction of sp³-hybridized carbons (Fsp3) is 0.176. The average molecular weight is 384 g/mol. The van der Waals surface area contributed by atoms with Gasteiger partial charge in [0.15, 0.2) is 23.1 Å². The molecule has 9 nitrogen and oxygen atoms in total. The van der Waals surface area contributed by atoms with E-state index < -0.39 is 6.10 Å². The van der Waals surface area contributed by atoms with Crippen molar-refractivity contribution in [3.8, 4) is 23.1 Å². The molecule has 5 rings (SSSR count). The molecule has 1 aliphatic heterocycles. The van der Waals surface area contributed by atoms with Gasteiger partial charge < -0.3 is 22.8 Å². The number of ether oxygens (including phenoxy) is 2. The van der Waals surface area contributed by atoms with E-state index in [2.05, 4.69) is 20.3 Å². The van der Waals surface area contributed by atoms with Crippen LogP contribution in [0, 0.1) is 0 Å². The van der Waals surface area contributed by atoms with Crippen molar-refractivity contribution in [1.82, 2.24) is 20.3 Å². The average Bonchev–Trinajstić information content (AvgIpc) is 3.47. The smallest absolute Gasteiger partial charge is 0.293 e. The number of fused-ring (bicyclic) bond motifs is 1. The van der Waals surface area contributed by atoms with E-state index in [0.717, 1.165) is 0 Å². The summed E-state index contributed by atoms with van der Waals surface area (Å²) in [6, 6.07) is 11.0. The molecule has 0 radical (unpaired) electrons. The number of rotatable bonds is 5. The van der Waals surface area contributed by atoms with Gasteiger partial charge in [-0.3, -0.25) is 0 Å². The summed E-state index contributed by atoms with van der Waals surface area (Å²) in [4.78, 5) is 4.26. The molecule has 3 aromatic heterocycles. The Labute approximate surface area is 156 Å². The van der Waals surface area contributed by atoms with E-state index in [1.54, 1.807) is 18.4 Å². The Bertz CT molecular complexity index is 1050. The van der Waals surface area contributed by atoms with Crippen LogP contribution in [0.5, 0.6) is 11.5 Å². The molecule has 4 aromatic rings. The molecule has 1 aliphatic rings. The molecule has 0 amide bonds. The van der Waals surface area contributed by atoms with Crippen LogP contribution < -0.4 is 9.47 Å². The van der Waals surface area contributed by atoms with Crippen LogP contribution in [0.2, 0.25) is 0 Å². The molecule has 1 aromatic carbocycles. The molecule has 136 valence electrons. The zero-order valence-corrected chi connectivity index (χ0v) is 14.6. The summed E-state index contributed by atoms with van der Waals surface area (Å²) in [5.74, 6) is 3.47. The van der Waals surface area contributed by atoms with Crippen molar-refractivity contribution < 1.29 is 22.8 Å². The number of benzene rings is 1. The summed E-state index contributed by atoms with van der Waals surface area (Å²) in [5, 5.41) is 12.4. The SMILES string of the molecule is c1coc(-c2nc(CSc3nnc(C4COc5ccccc5O4)o3)no2)c1. The predicted octanol–water partition coefficient (Wildman–Crippen LogP) is 3.52. The van der Waals surface area contributed by atoms with Gasteiger partial charge in [0, 0.05) is 0 Å². The molecule has 0 aliphatic carbocycles. The second kappa shape index (κ2) is 6.80. The number of aromatic nitrogens is 4. The number of thioether (sulfide) groups is 1. The van der Waals surface area contributed by atoms with E-state index in [1.165, 1.54) is 11.8 Å². The van der Waals surface area contributed by atoms with E-state index >= 15 is 0 Å². The minimum absolute atomic E-state index is 0.306. The third-order valence-corrected chi connectivity index (χ3v) is 4.55. The Hall–Kier alpha value is -3.27. The second-order valence-corrected chi connectivity index (χ2v) is 6.48. The van der Waals surface area contributed by atoms with E-state index in [4.69, 9.17) is 22.8 Å². The molecule has 10 heteroatoms. The lowest BCUT2D eigenvalue weighted by molar-refractivity contribution is 0.0686. The molecule has 0 spiro atoms. The van der Waals surface area contributed by atoms with Gasteiger partial charge in [-0.1, -0.05) is 29.1 Å². The standard InChI is InChI=1S/C17H12N4O5S/c1-2-5-11-10(4-1)23-8-13(24-11)16-19-20-17(25-16)27-9-14-18-15(26-21-14)12-6-3-7-22-12/h1-7,13H,8-9H2. The normalized spacial score (nSPS) is 15.8. The summed E-state index contributed by atoms with van der Waals surface area (Å²) in [7, 11) is 0. The topological polar surface area (TPSA) is 109 Å². The van der Waals surface area contributed by atoms with E-state index in [1.807, 2.05) is 24.3 Å². The molecular weight excluding hydrogens is 372 g/mol. The second-order valence-electron chi connectivity index (χ2n) is 5.55. The van der Waals surface area contributed by atoms with E-state index in [0.29, 0.717) is 52.4 Å². The van der Waals surface area contributed by atoms with Gasteiger partial charge in [-0.2, -0.15) is 4.98 Å². The summed E-state index contributed by atoms with van der Waals surface area (Å²) >= 11 is 1.30. The fourth-order valence-electron chi connectivity index (χ4n) is 2.49. The predicted molar refractivity (Wildman–Crippen MR) is 91.2 cm³/mol. The van der Waals surface area contributed by atoms with E-state index in [-0.39, 0.29) is 0 Å². The molecule has 0 saturated heterocycles. The highest BCUT2D eigenvalue weighted by atomic mass is 32.2. The van der Waals surface area contributed by atoms with Gasteiger partial charge in [0.1, 0.15) is 6.61 Å². The minimum Gasteiger partial charge on any atom is -0.485 e. The molecule has 0 saturated carbocycles. The molecule has 1 atom stereocenters. The fourth-order valence-corrected chi connectivity index (χ4v) is 3.10. The van der Waals surface area contributed by atoms with Crippen molar-refractivity contribution in [3.63, 3.8) is 0 Å². The number of hydrogen-bond acceptors (Lipinski definition) is 10. The highest BCUT2D eigenvalue weighted by molar-refractivity contribution is 7.98. The first-order chi connectivity index (χ1) is 13.3. The van der Waals surface area contributed by atoms with Crippen LogP contribution in [-0.4, -0.2) is 26.9 Å². The van der Waals surface area contributed by atoms with Gasteiger partial charge in [-0.25, -0.2) is 0 Å². The molecule has 0 N–H and O–H groups in total. The van der Waals surface area contributed by atoms with Crippen LogP contribution in [0.4, 0.5) is 0 Å². The van der Waals surface area contributed by atoms with Gasteiger partial charge in [0.2, 0.25) is 6.10 Å². The number of furan rings is 1. The lowest BCUT2D eigenvalue weighted by Gasteiger charge is -2.23. The van der Waals surface area contributed by atoms with Crippen molar-refractivity contribution in [3.05, 3.63) is 54.4 Å². The molecule has 27 heavy (non-hydrogen) atoms. The van der Waals surface area contributed by atoms with Gasteiger partial charge in [-0.05, 0) is 24.3 Å². The van der Waals surface area contributed by atoms with Crippen LogP contribution in [0.25, 0.3) is 11.7 Å². The quantitative estimate of drug-likeness (QED) is 0.474. The highest BCUT2D eigenvalue weighted by Gasteiger charge is 2.27. The van der Waals surface area contributed by atoms with Gasteiger partial charge >= 0.3 is 0 Å². The number of hydrogen-bond donors (Lipinski definition) is 0. The largest absolute Gasteiger partial charge is 0.485 e. The molecule has 0 fully saturated rings. The van der Waals surface area contributed by atoms with Crippen LogP contribution in [0.3, 0.4) is 0 Å². The Morgan fingerprint density at radius 1 is 1.07 bits per heavy atom. The summed E-state index contributed by atoms with van der Waals surface area (Å²) in [5.41, 5.74) is 0. The maximum atomic E-state index is 5.86. The maximum absolute atomic E-state index is 5.86. The Kier molecular flexibility index (Phi) is 4.02. The number of para-hydroxylation sites is 2. The van der Waals surface area contributed by atoms with Crippen molar-refractivity contribution in [2.75, 3.05) is 6.61 Å². The third kappa shape index (κ3) is 3.26. The lowest BCUT2D eigenvalue weighted by atomic mass is 10.2. The Balaban J connectivity index is 1.23. The van der Waals surface area contributed by atoms with Crippen molar-refractivity contribution in [1.29, 1.82) is 0 Å². The van der Waals surface area contributed by atoms with Crippen LogP contribution >= 0.6 is 11.8 Å². The summed E-state index contributed by atoms with van der Waals surface area (Å²) < 4.78 is 27.6. The monoisotopic (exact) mass is 384 g/mol. The first kappa shape index (κ1) is 15.9. The van der Waals surface area contributed by atoms with Gasteiger partial charge in [0.25, 0.3) is 17.0 Å². The molecule has 0 bridgehead atoms. The maximum Gasteiger partial charge on any atom is 0.293 e. The lowest BCUT2D eigenvalue weighted by Crippen LogP contribution is -2.21. The first-order valence-electron chi connectivity index (χ1n) is 8.06. The minimum atomic E-state index is -0.447. The van der Waals surface area contributed by atoms with Crippen LogP contribution in [0.1, 0.15) is 17.8 Å². The highest BCUT2D eigenvalue weighted by Crippen LogP contribution is 2.36. The number of nitrogens with zero attached hydrogens (tertiary/aromatic N) is 4. The molecule has 4 heterocycles. The van der Waals surface area contributed by atoms with Crippen molar-refractivity contribution >= 4 is 11.8 Å². The third-order valence-electron chi connectivity index (χ3n) is 3.73. The zero-order valence-electron chi connectivity index (χ0n) is 13.8.